The summed E-state index contributed by atoms with van der Waals surface area (Å²) in [5, 5.41) is 14.7. The van der Waals surface area contributed by atoms with E-state index in [1.807, 2.05) is 6.92 Å². The Morgan fingerprint density at radius 1 is 1.15 bits per heavy atom. The second-order valence-electron chi connectivity index (χ2n) is 8.47. The van der Waals surface area contributed by atoms with Gasteiger partial charge in [-0.05, 0) is 47.7 Å². The molecule has 208 valence electrons. The first-order valence-corrected chi connectivity index (χ1v) is 12.3. The average molecular weight is 573 g/mol. The Morgan fingerprint density at radius 3 is 2.67 bits per heavy atom. The number of anilines is 3. The third-order valence-corrected chi connectivity index (χ3v) is 6.17. The number of ether oxygens (including phenoxy) is 1. The van der Waals surface area contributed by atoms with E-state index >= 15 is 0 Å². The Morgan fingerprint density at radius 2 is 1.95 bits per heavy atom. The molecule has 0 aliphatic carbocycles. The number of amides is 2. The Kier molecular flexibility index (Phi) is 8.94. The van der Waals surface area contributed by atoms with Crippen molar-refractivity contribution in [2.24, 2.45) is 0 Å². The lowest BCUT2D eigenvalue weighted by molar-refractivity contribution is -0.439. The van der Waals surface area contributed by atoms with Gasteiger partial charge in [0.05, 0.1) is 5.69 Å². The lowest BCUT2D eigenvalue weighted by atomic mass is 9.99. The standard InChI is InChI=1S/C27H23ClF2N4O6/c1-2-4-15-5-3-12-34(17-7-8-18(29)22(14-17)39-40-37)27(36)23(15)26(35)33-16-6-9-20(19(30)13-16)38-21-10-11-32-25(31)24(21)28/h3,6-14,37H,2,4-5H2,1H3,(H2,31,32)(H,33,35). The van der Waals surface area contributed by atoms with Gasteiger partial charge in [0.25, 0.3) is 11.8 Å². The maximum absolute atomic E-state index is 14.9. The molecule has 1 aliphatic heterocycles. The molecule has 0 bridgehead atoms. The Labute approximate surface area is 232 Å². The molecule has 0 unspecified atom stereocenters. The van der Waals surface area contributed by atoms with Gasteiger partial charge in [-0.1, -0.05) is 31.0 Å². The average Bonchev–Trinajstić information content (AvgIpc) is 3.08. The number of hydrogen-bond acceptors (Lipinski definition) is 8. The highest BCUT2D eigenvalue weighted by Gasteiger charge is 2.30. The van der Waals surface area contributed by atoms with Crippen LogP contribution in [0, 0.1) is 11.6 Å². The van der Waals surface area contributed by atoms with Crippen molar-refractivity contribution in [3.05, 3.63) is 88.7 Å². The van der Waals surface area contributed by atoms with Crippen LogP contribution in [0.3, 0.4) is 0 Å². The number of aromatic nitrogens is 1. The molecular weight excluding hydrogens is 550 g/mol. The first kappa shape index (κ1) is 28.5. The molecule has 1 aliphatic rings. The summed E-state index contributed by atoms with van der Waals surface area (Å²) in [6, 6.07) is 8.53. The maximum atomic E-state index is 14.9. The summed E-state index contributed by atoms with van der Waals surface area (Å²) in [4.78, 5) is 36.4. The number of nitrogens with one attached hydrogen (secondary N) is 1. The van der Waals surface area contributed by atoms with E-state index in [4.69, 9.17) is 27.3 Å². The maximum Gasteiger partial charge on any atom is 0.267 e. The summed E-state index contributed by atoms with van der Waals surface area (Å²) >= 11 is 6.06. The second-order valence-corrected chi connectivity index (χ2v) is 8.85. The van der Waals surface area contributed by atoms with Gasteiger partial charge < -0.3 is 20.7 Å². The number of halogens is 3. The van der Waals surface area contributed by atoms with E-state index in [0.717, 1.165) is 23.1 Å². The molecule has 0 spiro atoms. The minimum Gasteiger partial charge on any atom is -0.453 e. The van der Waals surface area contributed by atoms with Crippen LogP contribution in [-0.2, 0) is 14.6 Å². The molecule has 3 aromatic rings. The van der Waals surface area contributed by atoms with Crippen molar-refractivity contribution in [2.75, 3.05) is 16.0 Å². The van der Waals surface area contributed by atoms with Gasteiger partial charge in [0.15, 0.2) is 23.1 Å². The summed E-state index contributed by atoms with van der Waals surface area (Å²) in [5.41, 5.74) is 6.26. The van der Waals surface area contributed by atoms with Crippen LogP contribution in [0.4, 0.5) is 26.0 Å². The first-order chi connectivity index (χ1) is 19.2. The van der Waals surface area contributed by atoms with Crippen LogP contribution >= 0.6 is 11.6 Å². The van der Waals surface area contributed by atoms with Crippen LogP contribution in [0.2, 0.25) is 5.02 Å². The topological polar surface area (TPSA) is 136 Å². The Hall–Kier alpha value is -4.52. The van der Waals surface area contributed by atoms with Crippen molar-refractivity contribution in [2.45, 2.75) is 26.2 Å². The van der Waals surface area contributed by atoms with E-state index in [0.29, 0.717) is 24.8 Å². The van der Waals surface area contributed by atoms with E-state index in [-0.39, 0.29) is 39.3 Å². The van der Waals surface area contributed by atoms with E-state index in [1.54, 1.807) is 6.08 Å². The molecule has 2 aromatic carbocycles. The van der Waals surface area contributed by atoms with Gasteiger partial charge in [0.1, 0.15) is 16.4 Å². The molecule has 40 heavy (non-hydrogen) atoms. The molecule has 4 rings (SSSR count). The van der Waals surface area contributed by atoms with Gasteiger partial charge in [-0.25, -0.2) is 19.0 Å². The van der Waals surface area contributed by atoms with Gasteiger partial charge >= 0.3 is 0 Å². The predicted molar refractivity (Wildman–Crippen MR) is 143 cm³/mol. The van der Waals surface area contributed by atoms with Crippen molar-refractivity contribution >= 4 is 40.6 Å². The smallest absolute Gasteiger partial charge is 0.267 e. The van der Waals surface area contributed by atoms with Crippen molar-refractivity contribution < 1.29 is 38.3 Å². The zero-order valence-corrected chi connectivity index (χ0v) is 21.7. The molecule has 13 heteroatoms. The molecule has 0 radical (unpaired) electrons. The fourth-order valence-corrected chi connectivity index (χ4v) is 4.12. The number of pyridine rings is 1. The normalized spacial score (nSPS) is 13.3. The highest BCUT2D eigenvalue weighted by atomic mass is 35.5. The number of allylic oxidation sites excluding steroid dienone is 2. The quantitative estimate of drug-likeness (QED) is 0.158. The summed E-state index contributed by atoms with van der Waals surface area (Å²) in [7, 11) is 0. The molecular formula is C27H23ClF2N4O6. The van der Waals surface area contributed by atoms with Crippen LogP contribution in [0.25, 0.3) is 0 Å². The minimum absolute atomic E-state index is 0.0161. The third kappa shape index (κ3) is 6.20. The molecule has 2 heterocycles. The number of nitrogens with two attached hydrogens (primary N) is 1. The number of rotatable bonds is 9. The molecule has 0 fully saturated rings. The van der Waals surface area contributed by atoms with Gasteiger partial charge in [-0.2, -0.15) is 0 Å². The number of nitrogen functional groups attached to an aromatic ring is 1. The number of benzene rings is 2. The minimum atomic E-state index is -0.853. The molecule has 0 saturated heterocycles. The number of carbonyl (C=O) groups excluding carboxylic acids is 2. The van der Waals surface area contributed by atoms with E-state index in [2.05, 4.69) is 20.2 Å². The molecule has 10 nitrogen and oxygen atoms in total. The lowest BCUT2D eigenvalue weighted by Gasteiger charge is -2.20. The molecule has 1 aromatic heterocycles. The van der Waals surface area contributed by atoms with Crippen LogP contribution in [0.15, 0.2) is 72.1 Å². The number of hydrogen-bond donors (Lipinski definition) is 3. The number of nitrogens with zero attached hydrogens (tertiary/aromatic N) is 2. The van der Waals surface area contributed by atoms with Crippen LogP contribution < -0.4 is 25.6 Å². The largest absolute Gasteiger partial charge is 0.453 e. The van der Waals surface area contributed by atoms with E-state index in [1.165, 1.54) is 36.7 Å². The van der Waals surface area contributed by atoms with Crippen LogP contribution in [0.5, 0.6) is 17.2 Å². The zero-order chi connectivity index (χ0) is 28.8. The molecule has 0 saturated carbocycles. The Bertz CT molecular complexity index is 1510. The molecule has 2 amide bonds. The third-order valence-electron chi connectivity index (χ3n) is 5.79. The lowest BCUT2D eigenvalue weighted by Crippen LogP contribution is -2.32. The summed E-state index contributed by atoms with van der Waals surface area (Å²) < 4.78 is 34.3. The summed E-state index contributed by atoms with van der Waals surface area (Å²) in [6.45, 7) is 1.90. The van der Waals surface area contributed by atoms with Crippen molar-refractivity contribution in [3.63, 3.8) is 0 Å². The van der Waals surface area contributed by atoms with Crippen molar-refractivity contribution in [1.29, 1.82) is 0 Å². The Balaban J connectivity index is 1.60. The second kappa shape index (κ2) is 12.6. The molecule has 4 N–H and O–H groups in total. The van der Waals surface area contributed by atoms with E-state index < -0.39 is 29.2 Å². The van der Waals surface area contributed by atoms with Crippen molar-refractivity contribution in [3.8, 4) is 17.2 Å². The van der Waals surface area contributed by atoms with E-state index in [9.17, 15) is 18.4 Å². The van der Waals surface area contributed by atoms with Gasteiger partial charge in [-0.3, -0.25) is 14.5 Å². The molecule has 0 atom stereocenters. The summed E-state index contributed by atoms with van der Waals surface area (Å²) in [6.07, 6.45) is 5.86. The van der Waals surface area contributed by atoms with Crippen LogP contribution in [0.1, 0.15) is 26.2 Å². The van der Waals surface area contributed by atoms with Crippen LogP contribution in [-0.4, -0.2) is 22.1 Å². The summed E-state index contributed by atoms with van der Waals surface area (Å²) in [5.74, 6) is -3.69. The predicted octanol–water partition coefficient (Wildman–Crippen LogP) is 6.16. The monoisotopic (exact) mass is 572 g/mol. The SMILES string of the molecule is CCCC1=C(C(=O)Nc2ccc(Oc3ccnc(N)c3Cl)c(F)c2)C(=O)N(c2ccc(F)c(OOO)c2)C=CC1. The van der Waals surface area contributed by atoms with Gasteiger partial charge in [-0.15, -0.1) is 0 Å². The first-order valence-electron chi connectivity index (χ1n) is 11.9. The zero-order valence-electron chi connectivity index (χ0n) is 21.0. The fourth-order valence-electron chi connectivity index (χ4n) is 3.97. The highest BCUT2D eigenvalue weighted by Crippen LogP contribution is 2.34. The number of carbonyl (C=O) groups is 2. The fraction of sp³-hybridized carbons (Fsp3) is 0.148. The highest BCUT2D eigenvalue weighted by molar-refractivity contribution is 6.34. The van der Waals surface area contributed by atoms with Gasteiger partial charge in [0, 0.05) is 36.3 Å². The van der Waals surface area contributed by atoms with Gasteiger partial charge in [0.2, 0.25) is 5.75 Å². The van der Waals surface area contributed by atoms with Crippen molar-refractivity contribution in [1.82, 2.24) is 4.98 Å².